The minimum absolute atomic E-state index is 0.0651. The maximum Gasteiger partial charge on any atom is 0.250 e. The van der Waals surface area contributed by atoms with Crippen LogP contribution in [0.5, 0.6) is 5.75 Å². The fourth-order valence-corrected chi connectivity index (χ4v) is 5.60. The van der Waals surface area contributed by atoms with Gasteiger partial charge in [-0.1, -0.05) is 12.1 Å². The largest absolute Gasteiger partial charge is 0.495 e. The molecule has 1 aromatic carbocycles. The Kier molecular flexibility index (Phi) is 8.09. The van der Waals surface area contributed by atoms with Gasteiger partial charge in [0.05, 0.1) is 30.6 Å². The molecule has 1 fully saturated rings. The zero-order chi connectivity index (χ0) is 28.2. The number of pyridine rings is 2. The Morgan fingerprint density at radius 2 is 1.95 bits per heavy atom. The minimum Gasteiger partial charge on any atom is -0.495 e. The van der Waals surface area contributed by atoms with E-state index in [4.69, 9.17) is 21.7 Å². The van der Waals surface area contributed by atoms with Gasteiger partial charge in [0, 0.05) is 49.3 Å². The molecule has 2 atom stereocenters. The molecule has 40 heavy (non-hydrogen) atoms. The zero-order valence-corrected chi connectivity index (χ0v) is 23.7. The number of aryl methyl sites for hydroxylation is 1. The summed E-state index contributed by atoms with van der Waals surface area (Å²) in [4.78, 5) is 23.4. The Labute approximate surface area is 239 Å². The Bertz CT molecular complexity index is 1510. The lowest BCUT2D eigenvalue weighted by Gasteiger charge is -2.29. The van der Waals surface area contributed by atoms with Crippen LogP contribution in [0.1, 0.15) is 40.3 Å². The molecule has 1 aliphatic rings. The van der Waals surface area contributed by atoms with Crippen molar-refractivity contribution in [2.45, 2.75) is 32.5 Å². The molecule has 1 saturated heterocycles. The number of amides is 1. The van der Waals surface area contributed by atoms with E-state index in [1.54, 1.807) is 19.5 Å². The van der Waals surface area contributed by atoms with Crippen molar-refractivity contribution in [1.29, 1.82) is 0 Å². The average Bonchev–Trinajstić information content (AvgIpc) is 3.45. The molecule has 3 aromatic heterocycles. The Morgan fingerprint density at radius 1 is 1.10 bits per heavy atom. The minimum atomic E-state index is -0.276. The number of nitrogens with zero attached hydrogens (tertiary/aromatic N) is 4. The predicted octanol–water partition coefficient (Wildman–Crippen LogP) is 4.71. The molecular formula is C30H32N6O3S. The molecule has 5 rings (SSSR count). The monoisotopic (exact) mass is 556 g/mol. The second-order valence-corrected chi connectivity index (χ2v) is 10.0. The number of methoxy groups -OCH3 is 2. The molecule has 2 N–H and O–H groups in total. The van der Waals surface area contributed by atoms with E-state index in [0.717, 1.165) is 33.9 Å². The summed E-state index contributed by atoms with van der Waals surface area (Å²) in [7, 11) is 3.05. The molecule has 10 heteroatoms. The van der Waals surface area contributed by atoms with Crippen molar-refractivity contribution in [3.05, 3.63) is 101 Å². The number of hydrogen-bond acceptors (Lipinski definition) is 6. The van der Waals surface area contributed by atoms with Gasteiger partial charge in [0.1, 0.15) is 12.4 Å². The van der Waals surface area contributed by atoms with Gasteiger partial charge in [-0.2, -0.15) is 0 Å². The van der Waals surface area contributed by atoms with Crippen LogP contribution in [0.3, 0.4) is 0 Å². The van der Waals surface area contributed by atoms with E-state index in [1.165, 1.54) is 7.11 Å². The Hall–Kier alpha value is -4.28. The van der Waals surface area contributed by atoms with Crippen LogP contribution in [-0.2, 0) is 16.1 Å². The Morgan fingerprint density at radius 3 is 2.65 bits per heavy atom. The topological polar surface area (TPSA) is 93.5 Å². The summed E-state index contributed by atoms with van der Waals surface area (Å²) in [5.41, 5.74) is 6.75. The summed E-state index contributed by atoms with van der Waals surface area (Å²) in [6.07, 6.45) is 5.47. The number of carbonyl (C=O) groups excluding carboxylic acids is 1. The maximum absolute atomic E-state index is 12.4. The number of carbonyl (C=O) groups is 1. The van der Waals surface area contributed by atoms with E-state index in [-0.39, 0.29) is 24.6 Å². The van der Waals surface area contributed by atoms with Crippen LogP contribution in [-0.4, -0.2) is 46.4 Å². The van der Waals surface area contributed by atoms with Crippen LogP contribution in [0, 0.1) is 13.8 Å². The van der Waals surface area contributed by atoms with Gasteiger partial charge in [-0.15, -0.1) is 0 Å². The average molecular weight is 557 g/mol. The fraction of sp³-hybridized carbons (Fsp3) is 0.267. The van der Waals surface area contributed by atoms with E-state index >= 15 is 0 Å². The Balaban J connectivity index is 1.60. The smallest absolute Gasteiger partial charge is 0.250 e. The van der Waals surface area contributed by atoms with Crippen LogP contribution < -0.4 is 20.3 Å². The molecule has 1 amide bonds. The van der Waals surface area contributed by atoms with Crippen LogP contribution in [0.15, 0.2) is 73.2 Å². The summed E-state index contributed by atoms with van der Waals surface area (Å²) >= 11 is 5.93. The number of benzene rings is 1. The highest BCUT2D eigenvalue weighted by Crippen LogP contribution is 2.44. The van der Waals surface area contributed by atoms with Crippen molar-refractivity contribution in [1.82, 2.24) is 19.9 Å². The standard InChI is InChI=1S/C30H32N6O3S/c1-19-14-23(20(2)35(19)17-21-8-7-12-31-16-21)29-28(24-9-5-6-13-32-24)34-30(40)36(29)22-10-11-26(39-4)25(15-22)33-27(37)18-38-3/h5-16,28-29H,17-18H2,1-4H3,(H,33,37)(H,34,40)/t28-,29+/m1/s1. The number of ether oxygens (including phenoxy) is 2. The molecule has 0 bridgehead atoms. The molecular weight excluding hydrogens is 524 g/mol. The highest BCUT2D eigenvalue weighted by atomic mass is 32.1. The lowest BCUT2D eigenvalue weighted by molar-refractivity contribution is -0.119. The van der Waals surface area contributed by atoms with Gasteiger partial charge >= 0.3 is 0 Å². The normalized spacial score (nSPS) is 16.6. The first-order chi connectivity index (χ1) is 19.4. The van der Waals surface area contributed by atoms with Crippen molar-refractivity contribution in [3.8, 4) is 5.75 Å². The molecule has 206 valence electrons. The van der Waals surface area contributed by atoms with Gasteiger partial charge in [-0.3, -0.25) is 14.8 Å². The number of rotatable bonds is 9. The zero-order valence-electron chi connectivity index (χ0n) is 22.9. The van der Waals surface area contributed by atoms with E-state index in [0.29, 0.717) is 23.1 Å². The van der Waals surface area contributed by atoms with Crippen LogP contribution >= 0.6 is 12.2 Å². The van der Waals surface area contributed by atoms with Gasteiger partial charge < -0.3 is 29.6 Å². The first-order valence-corrected chi connectivity index (χ1v) is 13.3. The highest BCUT2D eigenvalue weighted by molar-refractivity contribution is 7.80. The van der Waals surface area contributed by atoms with Crippen molar-refractivity contribution in [2.24, 2.45) is 0 Å². The number of aromatic nitrogens is 3. The van der Waals surface area contributed by atoms with Crippen LogP contribution in [0.25, 0.3) is 0 Å². The first kappa shape index (κ1) is 27.3. The summed E-state index contributed by atoms with van der Waals surface area (Å²) in [6.45, 7) is 4.90. The summed E-state index contributed by atoms with van der Waals surface area (Å²) < 4.78 is 12.8. The third-order valence-electron chi connectivity index (χ3n) is 7.10. The fourth-order valence-electron chi connectivity index (χ4n) is 5.25. The van der Waals surface area contributed by atoms with Crippen molar-refractivity contribution in [2.75, 3.05) is 31.0 Å². The molecule has 4 heterocycles. The third kappa shape index (κ3) is 5.41. The summed E-state index contributed by atoms with van der Waals surface area (Å²) in [5, 5.41) is 6.97. The van der Waals surface area contributed by atoms with E-state index in [9.17, 15) is 4.79 Å². The molecule has 0 radical (unpaired) electrons. The SMILES string of the molecule is COCC(=O)Nc1cc(N2C(=S)N[C@H](c3ccccn3)[C@@H]2c2cc(C)n(Cc3cccnc3)c2C)ccc1OC. The number of hydrogen-bond donors (Lipinski definition) is 2. The van der Waals surface area contributed by atoms with Gasteiger partial charge in [-0.25, -0.2) is 0 Å². The van der Waals surface area contributed by atoms with Crippen molar-refractivity contribution in [3.63, 3.8) is 0 Å². The molecule has 0 spiro atoms. The molecule has 0 aliphatic carbocycles. The van der Waals surface area contributed by atoms with Gasteiger partial charge in [0.2, 0.25) is 5.91 Å². The summed E-state index contributed by atoms with van der Waals surface area (Å²) in [6, 6.07) is 17.4. The third-order valence-corrected chi connectivity index (χ3v) is 7.42. The quantitative estimate of drug-likeness (QED) is 0.286. The van der Waals surface area contributed by atoms with E-state index in [1.807, 2.05) is 48.7 Å². The van der Waals surface area contributed by atoms with E-state index in [2.05, 4.69) is 56.0 Å². The molecule has 0 saturated carbocycles. The lowest BCUT2D eigenvalue weighted by Crippen LogP contribution is -2.29. The summed E-state index contributed by atoms with van der Waals surface area (Å²) in [5.74, 6) is 0.265. The molecule has 0 unspecified atom stereocenters. The second-order valence-electron chi connectivity index (χ2n) is 9.64. The first-order valence-electron chi connectivity index (χ1n) is 12.9. The van der Waals surface area contributed by atoms with Crippen LogP contribution in [0.4, 0.5) is 11.4 Å². The van der Waals surface area contributed by atoms with Crippen LogP contribution in [0.2, 0.25) is 0 Å². The number of anilines is 2. The van der Waals surface area contributed by atoms with Gasteiger partial charge in [0.15, 0.2) is 5.11 Å². The highest BCUT2D eigenvalue weighted by Gasteiger charge is 2.42. The number of nitrogens with one attached hydrogen (secondary N) is 2. The predicted molar refractivity (Wildman–Crippen MR) is 159 cm³/mol. The molecule has 1 aliphatic heterocycles. The molecule has 4 aromatic rings. The van der Waals surface area contributed by atoms with Crippen molar-refractivity contribution >= 4 is 34.6 Å². The number of thiocarbonyl (C=S) groups is 1. The van der Waals surface area contributed by atoms with Crippen molar-refractivity contribution < 1.29 is 14.3 Å². The van der Waals surface area contributed by atoms with E-state index < -0.39 is 0 Å². The maximum atomic E-state index is 12.4. The van der Waals surface area contributed by atoms with Gasteiger partial charge in [0.25, 0.3) is 0 Å². The molecule has 9 nitrogen and oxygen atoms in total. The second kappa shape index (κ2) is 11.8. The van der Waals surface area contributed by atoms with Gasteiger partial charge in [-0.05, 0) is 79.7 Å². The lowest BCUT2D eigenvalue weighted by atomic mass is 9.96.